The molecule has 1 aromatic carbocycles. The standard InChI is InChI=1S/C17H21ClN2O/c1-3-4-9-17-19-11-16(20-17)14(10-12(2)21)13-7-5-6-8-15(13)18/h5-8,11,14H,3-4,9-10H2,1-2H3,(H,19,20). The quantitative estimate of drug-likeness (QED) is 0.817. The van der Waals surface area contributed by atoms with Gasteiger partial charge >= 0.3 is 0 Å². The van der Waals surface area contributed by atoms with E-state index in [2.05, 4.69) is 16.9 Å². The monoisotopic (exact) mass is 304 g/mol. The number of nitrogens with zero attached hydrogens (tertiary/aromatic N) is 1. The van der Waals surface area contributed by atoms with Crippen molar-refractivity contribution in [3.63, 3.8) is 0 Å². The van der Waals surface area contributed by atoms with Crippen LogP contribution in [0.4, 0.5) is 0 Å². The summed E-state index contributed by atoms with van der Waals surface area (Å²) in [6, 6.07) is 7.68. The maximum Gasteiger partial charge on any atom is 0.130 e. The van der Waals surface area contributed by atoms with Crippen LogP contribution in [0, 0.1) is 0 Å². The molecule has 0 saturated heterocycles. The molecule has 1 heterocycles. The topological polar surface area (TPSA) is 45.8 Å². The number of Topliss-reactive ketones (excluding diaryl/α,β-unsaturated/α-hetero) is 1. The summed E-state index contributed by atoms with van der Waals surface area (Å²) >= 11 is 6.30. The maximum absolute atomic E-state index is 11.6. The van der Waals surface area contributed by atoms with Crippen LogP contribution in [0.2, 0.25) is 5.02 Å². The summed E-state index contributed by atoms with van der Waals surface area (Å²) in [7, 11) is 0. The molecule has 2 aromatic rings. The van der Waals surface area contributed by atoms with Crippen LogP contribution in [0.3, 0.4) is 0 Å². The summed E-state index contributed by atoms with van der Waals surface area (Å²) in [5, 5.41) is 0.688. The van der Waals surface area contributed by atoms with E-state index in [1.54, 1.807) is 6.92 Å². The molecule has 0 aliphatic carbocycles. The fourth-order valence-electron chi connectivity index (χ4n) is 2.46. The molecule has 0 radical (unpaired) electrons. The number of H-pyrrole nitrogens is 1. The Bertz CT molecular complexity index is 606. The van der Waals surface area contributed by atoms with E-state index in [9.17, 15) is 4.79 Å². The molecule has 1 N–H and O–H groups in total. The van der Waals surface area contributed by atoms with Crippen molar-refractivity contribution in [2.24, 2.45) is 0 Å². The second kappa shape index (κ2) is 7.41. The lowest BCUT2D eigenvalue weighted by Crippen LogP contribution is -2.07. The van der Waals surface area contributed by atoms with Gasteiger partial charge in [-0.2, -0.15) is 0 Å². The molecule has 4 heteroatoms. The molecule has 0 amide bonds. The highest BCUT2D eigenvalue weighted by Gasteiger charge is 2.20. The average Bonchev–Trinajstić information content (AvgIpc) is 2.92. The molecule has 0 fully saturated rings. The van der Waals surface area contributed by atoms with Crippen molar-refractivity contribution in [1.29, 1.82) is 0 Å². The number of carbonyl (C=O) groups is 1. The second-order valence-corrected chi connectivity index (χ2v) is 5.78. The van der Waals surface area contributed by atoms with Crippen molar-refractivity contribution in [2.75, 3.05) is 0 Å². The molecule has 0 aliphatic heterocycles. The summed E-state index contributed by atoms with van der Waals surface area (Å²) in [6.45, 7) is 3.77. The van der Waals surface area contributed by atoms with Crippen LogP contribution in [-0.4, -0.2) is 15.8 Å². The molecule has 112 valence electrons. The van der Waals surface area contributed by atoms with Crippen molar-refractivity contribution < 1.29 is 4.79 Å². The zero-order valence-electron chi connectivity index (χ0n) is 12.5. The molecule has 0 spiro atoms. The van der Waals surface area contributed by atoms with E-state index in [-0.39, 0.29) is 11.7 Å². The predicted octanol–water partition coefficient (Wildman–Crippen LogP) is 4.52. The van der Waals surface area contributed by atoms with Crippen LogP contribution < -0.4 is 0 Å². The first-order chi connectivity index (χ1) is 10.1. The van der Waals surface area contributed by atoms with Gasteiger partial charge in [0, 0.05) is 35.7 Å². The Hall–Kier alpha value is -1.61. The molecule has 0 saturated carbocycles. The number of ketones is 1. The summed E-state index contributed by atoms with van der Waals surface area (Å²) in [5.74, 6) is 1.07. The van der Waals surface area contributed by atoms with Crippen LogP contribution in [-0.2, 0) is 11.2 Å². The molecule has 1 atom stereocenters. The van der Waals surface area contributed by atoms with Gasteiger partial charge in [0.1, 0.15) is 11.6 Å². The fraction of sp³-hybridized carbons (Fsp3) is 0.412. The third-order valence-electron chi connectivity index (χ3n) is 3.56. The van der Waals surface area contributed by atoms with E-state index >= 15 is 0 Å². The Morgan fingerprint density at radius 1 is 1.38 bits per heavy atom. The normalized spacial score (nSPS) is 12.3. The third kappa shape index (κ3) is 4.18. The number of aromatic nitrogens is 2. The number of hydrogen-bond acceptors (Lipinski definition) is 2. The van der Waals surface area contributed by atoms with Gasteiger partial charge in [0.15, 0.2) is 0 Å². The third-order valence-corrected chi connectivity index (χ3v) is 3.91. The molecule has 0 aliphatic rings. The van der Waals surface area contributed by atoms with Crippen LogP contribution in [0.25, 0.3) is 0 Å². The first-order valence-corrected chi connectivity index (χ1v) is 7.77. The smallest absolute Gasteiger partial charge is 0.130 e. The molecule has 1 aromatic heterocycles. The zero-order valence-corrected chi connectivity index (χ0v) is 13.3. The van der Waals surface area contributed by atoms with Gasteiger partial charge in [-0.15, -0.1) is 0 Å². The van der Waals surface area contributed by atoms with Crippen molar-refractivity contribution in [1.82, 2.24) is 9.97 Å². The molecule has 1 unspecified atom stereocenters. The van der Waals surface area contributed by atoms with Crippen LogP contribution in [0.5, 0.6) is 0 Å². The average molecular weight is 305 g/mol. The van der Waals surface area contributed by atoms with Crippen LogP contribution in [0.1, 0.15) is 56.1 Å². The first kappa shape index (κ1) is 15.8. The van der Waals surface area contributed by atoms with Gasteiger partial charge in [0.2, 0.25) is 0 Å². The number of carbonyl (C=O) groups excluding carboxylic acids is 1. The minimum Gasteiger partial charge on any atom is -0.345 e. The van der Waals surface area contributed by atoms with Gasteiger partial charge in [0.25, 0.3) is 0 Å². The lowest BCUT2D eigenvalue weighted by atomic mass is 9.91. The van der Waals surface area contributed by atoms with E-state index in [4.69, 9.17) is 11.6 Å². The summed E-state index contributed by atoms with van der Waals surface area (Å²) < 4.78 is 0. The largest absolute Gasteiger partial charge is 0.345 e. The minimum absolute atomic E-state index is 0.0564. The highest BCUT2D eigenvalue weighted by molar-refractivity contribution is 6.31. The number of hydrogen-bond donors (Lipinski definition) is 1. The highest BCUT2D eigenvalue weighted by Crippen LogP contribution is 2.32. The van der Waals surface area contributed by atoms with E-state index in [0.717, 1.165) is 36.3 Å². The van der Waals surface area contributed by atoms with E-state index < -0.39 is 0 Å². The van der Waals surface area contributed by atoms with Gasteiger partial charge < -0.3 is 4.98 Å². The number of nitrogens with one attached hydrogen (secondary N) is 1. The van der Waals surface area contributed by atoms with Crippen molar-refractivity contribution in [3.8, 4) is 0 Å². The summed E-state index contributed by atoms with van der Waals surface area (Å²) in [5.41, 5.74) is 1.93. The number of aromatic amines is 1. The van der Waals surface area contributed by atoms with Gasteiger partial charge in [-0.3, -0.25) is 4.79 Å². The van der Waals surface area contributed by atoms with Crippen LogP contribution >= 0.6 is 11.6 Å². The predicted molar refractivity (Wildman–Crippen MR) is 85.8 cm³/mol. The number of halogens is 1. The van der Waals surface area contributed by atoms with Crippen molar-refractivity contribution in [2.45, 2.75) is 45.4 Å². The lowest BCUT2D eigenvalue weighted by Gasteiger charge is -2.15. The van der Waals surface area contributed by atoms with Crippen molar-refractivity contribution in [3.05, 3.63) is 52.6 Å². The number of rotatable bonds is 7. The fourth-order valence-corrected chi connectivity index (χ4v) is 2.73. The van der Waals surface area contributed by atoms with E-state index in [0.29, 0.717) is 11.4 Å². The summed E-state index contributed by atoms with van der Waals surface area (Å²) in [6.07, 6.45) is 5.45. The number of unbranched alkanes of at least 4 members (excludes halogenated alkanes) is 1. The molecular formula is C17H21ClN2O. The highest BCUT2D eigenvalue weighted by atomic mass is 35.5. The number of aryl methyl sites for hydroxylation is 1. The molecule has 2 rings (SSSR count). The minimum atomic E-state index is -0.0564. The zero-order chi connectivity index (χ0) is 15.2. The molecule has 0 bridgehead atoms. The summed E-state index contributed by atoms with van der Waals surface area (Å²) in [4.78, 5) is 19.4. The molecule has 3 nitrogen and oxygen atoms in total. The Labute approximate surface area is 130 Å². The number of imidazole rings is 1. The van der Waals surface area contributed by atoms with Gasteiger partial charge in [0.05, 0.1) is 0 Å². The number of benzene rings is 1. The van der Waals surface area contributed by atoms with Crippen molar-refractivity contribution >= 4 is 17.4 Å². The lowest BCUT2D eigenvalue weighted by molar-refractivity contribution is -0.117. The van der Waals surface area contributed by atoms with Gasteiger partial charge in [-0.05, 0) is 25.0 Å². The van der Waals surface area contributed by atoms with E-state index in [1.807, 2.05) is 30.5 Å². The second-order valence-electron chi connectivity index (χ2n) is 5.37. The van der Waals surface area contributed by atoms with Gasteiger partial charge in [-0.25, -0.2) is 4.98 Å². The van der Waals surface area contributed by atoms with E-state index in [1.165, 1.54) is 0 Å². The molecular weight excluding hydrogens is 284 g/mol. The molecule has 21 heavy (non-hydrogen) atoms. The SMILES string of the molecule is CCCCc1ncc(C(CC(C)=O)c2ccccc2Cl)[nH]1. The Morgan fingerprint density at radius 2 is 2.14 bits per heavy atom. The Morgan fingerprint density at radius 3 is 2.81 bits per heavy atom. The maximum atomic E-state index is 11.6. The Kier molecular flexibility index (Phi) is 5.57. The first-order valence-electron chi connectivity index (χ1n) is 7.39. The van der Waals surface area contributed by atoms with Crippen LogP contribution in [0.15, 0.2) is 30.5 Å². The Balaban J connectivity index is 2.30. The van der Waals surface area contributed by atoms with Gasteiger partial charge in [-0.1, -0.05) is 43.1 Å².